The normalized spacial score (nSPS) is 10.8. The van der Waals surface area contributed by atoms with Crippen LogP contribution >= 0.6 is 23.2 Å². The Labute approximate surface area is 179 Å². The molecule has 1 heterocycles. The number of benzene rings is 2. The molecule has 0 aliphatic rings. The van der Waals surface area contributed by atoms with E-state index in [1.165, 1.54) is 6.07 Å². The van der Waals surface area contributed by atoms with Crippen LogP contribution in [0.3, 0.4) is 0 Å². The molecule has 150 valence electrons. The summed E-state index contributed by atoms with van der Waals surface area (Å²) in [6.45, 7) is 5.72. The van der Waals surface area contributed by atoms with Crippen molar-refractivity contribution in [3.8, 4) is 5.69 Å². The van der Waals surface area contributed by atoms with Gasteiger partial charge >= 0.3 is 0 Å². The number of carbonyl (C=O) groups is 1. The molecule has 7 heteroatoms. The summed E-state index contributed by atoms with van der Waals surface area (Å²) in [7, 11) is 0. The molecule has 5 nitrogen and oxygen atoms in total. The fourth-order valence-corrected chi connectivity index (χ4v) is 3.61. The summed E-state index contributed by atoms with van der Waals surface area (Å²) in [6.07, 6.45) is 1.37. The molecular weight excluding hydrogens is 409 g/mol. The summed E-state index contributed by atoms with van der Waals surface area (Å²) in [4.78, 5) is 25.5. The Balaban J connectivity index is 2.05. The summed E-state index contributed by atoms with van der Waals surface area (Å²) in [5.41, 5.74) is 3.12. The molecule has 0 saturated carbocycles. The van der Waals surface area contributed by atoms with Gasteiger partial charge in [0.2, 0.25) is 5.43 Å². The van der Waals surface area contributed by atoms with Crippen LogP contribution in [0.1, 0.15) is 41.2 Å². The van der Waals surface area contributed by atoms with Crippen LogP contribution in [0.15, 0.2) is 47.3 Å². The smallest absolute Gasteiger partial charge is 0.280 e. The molecule has 29 heavy (non-hydrogen) atoms. The number of anilines is 1. The van der Waals surface area contributed by atoms with Crippen molar-refractivity contribution in [3.05, 3.63) is 85.2 Å². The standard InChI is InChI=1S/C22H21Cl2N3O2/c1-4-14-6-11-18(24)17(5-2)20(14)25-22(29)21-19(28)12-13(3)27(26-21)16-9-7-15(23)8-10-16/h6-12H,4-5H2,1-3H3,(H,25,29). The molecule has 1 amide bonds. The lowest BCUT2D eigenvalue weighted by Crippen LogP contribution is -2.27. The Morgan fingerprint density at radius 1 is 1.07 bits per heavy atom. The molecular formula is C22H21Cl2N3O2. The molecule has 0 saturated heterocycles. The molecule has 0 aliphatic heterocycles. The van der Waals surface area contributed by atoms with Gasteiger partial charge in [0.25, 0.3) is 5.91 Å². The van der Waals surface area contributed by atoms with Gasteiger partial charge in [0.15, 0.2) is 5.69 Å². The molecule has 3 aromatic rings. The number of carbonyl (C=O) groups excluding carboxylic acids is 1. The van der Waals surface area contributed by atoms with Gasteiger partial charge in [-0.15, -0.1) is 0 Å². The molecule has 0 aliphatic carbocycles. The van der Waals surface area contributed by atoms with Crippen molar-refractivity contribution in [1.29, 1.82) is 0 Å². The van der Waals surface area contributed by atoms with Crippen LogP contribution < -0.4 is 10.7 Å². The van der Waals surface area contributed by atoms with E-state index in [2.05, 4.69) is 10.4 Å². The minimum absolute atomic E-state index is 0.186. The number of halogens is 2. The number of rotatable bonds is 5. The van der Waals surface area contributed by atoms with E-state index in [0.717, 1.165) is 17.5 Å². The van der Waals surface area contributed by atoms with Crippen molar-refractivity contribution < 1.29 is 4.79 Å². The number of hydrogen-bond acceptors (Lipinski definition) is 3. The van der Waals surface area contributed by atoms with E-state index in [0.29, 0.717) is 33.5 Å². The maximum absolute atomic E-state index is 13.0. The Bertz CT molecular complexity index is 1120. The average Bonchev–Trinajstić information content (AvgIpc) is 2.69. The lowest BCUT2D eigenvalue weighted by molar-refractivity contribution is 0.101. The first-order valence-corrected chi connectivity index (χ1v) is 10.1. The molecule has 0 atom stereocenters. The zero-order chi connectivity index (χ0) is 21.1. The van der Waals surface area contributed by atoms with Crippen LogP contribution in [0.5, 0.6) is 0 Å². The lowest BCUT2D eigenvalue weighted by atomic mass is 10.0. The molecule has 1 N–H and O–H groups in total. The Hall–Kier alpha value is -2.63. The van der Waals surface area contributed by atoms with Crippen LogP contribution in [0, 0.1) is 6.92 Å². The van der Waals surface area contributed by atoms with Crippen molar-refractivity contribution >= 4 is 34.8 Å². The predicted molar refractivity (Wildman–Crippen MR) is 118 cm³/mol. The fraction of sp³-hybridized carbons (Fsp3) is 0.227. The van der Waals surface area contributed by atoms with E-state index in [4.69, 9.17) is 23.2 Å². The van der Waals surface area contributed by atoms with Gasteiger partial charge in [-0.2, -0.15) is 5.10 Å². The van der Waals surface area contributed by atoms with Gasteiger partial charge in [-0.05, 0) is 61.2 Å². The van der Waals surface area contributed by atoms with E-state index >= 15 is 0 Å². The SMILES string of the molecule is CCc1ccc(Cl)c(CC)c1NC(=O)c1nn(-c2ccc(Cl)cc2)c(C)cc1=O. The Kier molecular flexibility index (Phi) is 6.40. The molecule has 0 radical (unpaired) electrons. The lowest BCUT2D eigenvalue weighted by Gasteiger charge is -2.16. The molecule has 1 aromatic heterocycles. The highest BCUT2D eigenvalue weighted by atomic mass is 35.5. The summed E-state index contributed by atoms with van der Waals surface area (Å²) in [6, 6.07) is 12.1. The number of nitrogens with one attached hydrogen (secondary N) is 1. The molecule has 0 unspecified atom stereocenters. The number of aromatic nitrogens is 2. The minimum atomic E-state index is -0.565. The monoisotopic (exact) mass is 429 g/mol. The molecule has 0 spiro atoms. The molecule has 0 fully saturated rings. The van der Waals surface area contributed by atoms with Gasteiger partial charge in [-0.3, -0.25) is 9.59 Å². The molecule has 0 bridgehead atoms. The summed E-state index contributed by atoms with van der Waals surface area (Å²) >= 11 is 12.3. The van der Waals surface area contributed by atoms with Gasteiger partial charge < -0.3 is 5.32 Å². The topological polar surface area (TPSA) is 64.0 Å². The summed E-state index contributed by atoms with van der Waals surface area (Å²) in [5, 5.41) is 8.35. The molecule has 2 aromatic carbocycles. The Morgan fingerprint density at radius 2 is 1.76 bits per heavy atom. The fourth-order valence-electron chi connectivity index (χ4n) is 3.19. The number of nitrogens with zero attached hydrogens (tertiary/aromatic N) is 2. The highest BCUT2D eigenvalue weighted by molar-refractivity contribution is 6.32. The van der Waals surface area contributed by atoms with Gasteiger partial charge in [-0.1, -0.05) is 43.1 Å². The van der Waals surface area contributed by atoms with Gasteiger partial charge in [0, 0.05) is 27.5 Å². The van der Waals surface area contributed by atoms with Crippen molar-refractivity contribution in [3.63, 3.8) is 0 Å². The zero-order valence-corrected chi connectivity index (χ0v) is 17.9. The van der Waals surface area contributed by atoms with E-state index in [-0.39, 0.29) is 5.69 Å². The third-order valence-electron chi connectivity index (χ3n) is 4.71. The van der Waals surface area contributed by atoms with Crippen LogP contribution in [-0.4, -0.2) is 15.7 Å². The van der Waals surface area contributed by atoms with E-state index in [1.807, 2.05) is 26.0 Å². The van der Waals surface area contributed by atoms with Gasteiger partial charge in [0.1, 0.15) is 0 Å². The van der Waals surface area contributed by atoms with Crippen molar-refractivity contribution in [2.75, 3.05) is 5.32 Å². The van der Waals surface area contributed by atoms with E-state index in [1.54, 1.807) is 35.9 Å². The van der Waals surface area contributed by atoms with Crippen LogP contribution in [0.2, 0.25) is 10.0 Å². The average molecular weight is 430 g/mol. The quantitative estimate of drug-likeness (QED) is 0.603. The maximum Gasteiger partial charge on any atom is 0.280 e. The Morgan fingerprint density at radius 3 is 2.38 bits per heavy atom. The highest BCUT2D eigenvalue weighted by Crippen LogP contribution is 2.29. The highest BCUT2D eigenvalue weighted by Gasteiger charge is 2.19. The number of amides is 1. The number of hydrogen-bond donors (Lipinski definition) is 1. The van der Waals surface area contributed by atoms with Gasteiger partial charge in [-0.25, -0.2) is 4.68 Å². The maximum atomic E-state index is 13.0. The van der Waals surface area contributed by atoms with Gasteiger partial charge in [0.05, 0.1) is 5.69 Å². The van der Waals surface area contributed by atoms with Crippen LogP contribution in [0.4, 0.5) is 5.69 Å². The largest absolute Gasteiger partial charge is 0.320 e. The van der Waals surface area contributed by atoms with E-state index < -0.39 is 11.3 Å². The predicted octanol–water partition coefficient (Wildman–Crippen LogP) is 5.22. The molecule has 3 rings (SSSR count). The summed E-state index contributed by atoms with van der Waals surface area (Å²) < 4.78 is 1.55. The second kappa shape index (κ2) is 8.80. The van der Waals surface area contributed by atoms with E-state index in [9.17, 15) is 9.59 Å². The summed E-state index contributed by atoms with van der Waals surface area (Å²) in [5.74, 6) is -0.565. The first-order valence-electron chi connectivity index (χ1n) is 9.34. The van der Waals surface area contributed by atoms with Crippen molar-refractivity contribution in [2.45, 2.75) is 33.6 Å². The van der Waals surface area contributed by atoms with Crippen LogP contribution in [0.25, 0.3) is 5.69 Å². The third kappa shape index (κ3) is 4.36. The van der Waals surface area contributed by atoms with Crippen molar-refractivity contribution in [2.24, 2.45) is 0 Å². The second-order valence-electron chi connectivity index (χ2n) is 6.61. The second-order valence-corrected chi connectivity index (χ2v) is 7.45. The number of aryl methyl sites for hydroxylation is 2. The zero-order valence-electron chi connectivity index (χ0n) is 16.4. The van der Waals surface area contributed by atoms with Crippen LogP contribution in [-0.2, 0) is 12.8 Å². The third-order valence-corrected chi connectivity index (χ3v) is 5.31. The first kappa shape index (κ1) is 21.1. The van der Waals surface area contributed by atoms with Crippen molar-refractivity contribution in [1.82, 2.24) is 9.78 Å². The first-order chi connectivity index (χ1) is 13.8. The minimum Gasteiger partial charge on any atom is -0.320 e.